The van der Waals surface area contributed by atoms with Crippen molar-refractivity contribution in [3.05, 3.63) is 0 Å². The summed E-state index contributed by atoms with van der Waals surface area (Å²) in [5, 5.41) is 2.99. The fraction of sp³-hybridized carbons (Fsp3) is 0.909. The summed E-state index contributed by atoms with van der Waals surface area (Å²) >= 11 is 1.75. The summed E-state index contributed by atoms with van der Waals surface area (Å²) in [6.45, 7) is 2.91. The molecule has 6 nitrogen and oxygen atoms in total. The van der Waals surface area contributed by atoms with E-state index >= 15 is 0 Å². The quantitative estimate of drug-likeness (QED) is 0.812. The van der Waals surface area contributed by atoms with Gasteiger partial charge < -0.3 is 5.32 Å². The lowest BCUT2D eigenvalue weighted by molar-refractivity contribution is 0.241. The smallest absolute Gasteiger partial charge is 0.329 e. The van der Waals surface area contributed by atoms with Crippen molar-refractivity contribution in [1.82, 2.24) is 14.3 Å². The van der Waals surface area contributed by atoms with Gasteiger partial charge in [-0.1, -0.05) is 19.8 Å². The molecule has 2 aliphatic rings. The van der Waals surface area contributed by atoms with Gasteiger partial charge in [-0.15, -0.1) is 0 Å². The molecule has 1 atom stereocenters. The van der Waals surface area contributed by atoms with E-state index in [4.69, 9.17) is 0 Å². The van der Waals surface area contributed by atoms with Crippen LogP contribution in [0.4, 0.5) is 4.79 Å². The summed E-state index contributed by atoms with van der Waals surface area (Å²) in [7, 11) is -3.70. The molecule has 1 saturated carbocycles. The van der Waals surface area contributed by atoms with Crippen molar-refractivity contribution >= 4 is 28.0 Å². The van der Waals surface area contributed by atoms with E-state index in [1.54, 1.807) is 11.8 Å². The van der Waals surface area contributed by atoms with Gasteiger partial charge in [0.1, 0.15) is 0 Å². The lowest BCUT2D eigenvalue weighted by Crippen LogP contribution is -2.52. The van der Waals surface area contributed by atoms with Crippen LogP contribution in [0.15, 0.2) is 0 Å². The Morgan fingerprint density at radius 2 is 2.00 bits per heavy atom. The molecule has 8 heteroatoms. The number of nitrogens with one attached hydrogen (secondary N) is 2. The van der Waals surface area contributed by atoms with E-state index in [2.05, 4.69) is 10.0 Å². The van der Waals surface area contributed by atoms with E-state index in [9.17, 15) is 13.2 Å². The molecule has 0 aromatic rings. The van der Waals surface area contributed by atoms with Crippen LogP contribution >= 0.6 is 11.8 Å². The minimum Gasteiger partial charge on any atom is -0.335 e. The van der Waals surface area contributed by atoms with Crippen LogP contribution < -0.4 is 10.0 Å². The third kappa shape index (κ3) is 4.25. The van der Waals surface area contributed by atoms with Gasteiger partial charge in [0, 0.05) is 30.1 Å². The molecule has 2 fully saturated rings. The highest BCUT2D eigenvalue weighted by molar-refractivity contribution is 8.00. The highest BCUT2D eigenvalue weighted by atomic mass is 32.2. The highest BCUT2D eigenvalue weighted by Gasteiger charge is 2.29. The predicted octanol–water partition coefficient (Wildman–Crippen LogP) is 0.910. The zero-order chi connectivity index (χ0) is 13.9. The molecule has 19 heavy (non-hydrogen) atoms. The molecule has 2 amide bonds. The van der Waals surface area contributed by atoms with Crippen LogP contribution in [0.2, 0.25) is 0 Å². The van der Waals surface area contributed by atoms with E-state index in [0.29, 0.717) is 13.1 Å². The standard InChI is InChI=1S/C11H21N3O3S2/c1-9-8-14(6-7-18-9)19(16,17)13-11(15)12-10-4-2-3-5-10/h9-10H,2-8H2,1H3,(H2,12,13,15). The number of carbonyl (C=O) groups is 1. The minimum atomic E-state index is -3.70. The zero-order valence-electron chi connectivity index (χ0n) is 11.1. The number of thioether (sulfide) groups is 1. The van der Waals surface area contributed by atoms with Gasteiger partial charge in [-0.25, -0.2) is 9.52 Å². The van der Waals surface area contributed by atoms with Crippen molar-refractivity contribution in [2.75, 3.05) is 18.8 Å². The third-order valence-electron chi connectivity index (χ3n) is 3.46. The summed E-state index contributed by atoms with van der Waals surface area (Å²) in [4.78, 5) is 11.7. The van der Waals surface area contributed by atoms with Gasteiger partial charge in [0.2, 0.25) is 0 Å². The molecule has 0 bridgehead atoms. The molecule has 110 valence electrons. The third-order valence-corrected chi connectivity index (χ3v) is 6.05. The van der Waals surface area contributed by atoms with Gasteiger partial charge in [-0.3, -0.25) is 0 Å². The molecule has 1 aliphatic heterocycles. The number of carbonyl (C=O) groups excluding carboxylic acids is 1. The van der Waals surface area contributed by atoms with Crippen molar-refractivity contribution in [3.8, 4) is 0 Å². The van der Waals surface area contributed by atoms with Crippen LogP contribution in [-0.4, -0.2) is 48.9 Å². The summed E-state index contributed by atoms with van der Waals surface area (Å²) in [5.41, 5.74) is 0. The van der Waals surface area contributed by atoms with Crippen LogP contribution in [0.5, 0.6) is 0 Å². The molecule has 0 aromatic carbocycles. The molecular weight excluding hydrogens is 286 g/mol. The molecule has 0 aromatic heterocycles. The Hall–Kier alpha value is -0.470. The van der Waals surface area contributed by atoms with Crippen molar-refractivity contribution in [3.63, 3.8) is 0 Å². The van der Waals surface area contributed by atoms with Crippen molar-refractivity contribution < 1.29 is 13.2 Å². The first-order valence-corrected chi connectivity index (χ1v) is 9.16. The molecule has 1 aliphatic carbocycles. The normalized spacial score (nSPS) is 26.3. The van der Waals surface area contributed by atoms with E-state index in [0.717, 1.165) is 31.4 Å². The average Bonchev–Trinajstić information content (AvgIpc) is 2.81. The summed E-state index contributed by atoms with van der Waals surface area (Å²) in [5.74, 6) is 0.770. The minimum absolute atomic E-state index is 0.117. The van der Waals surface area contributed by atoms with Crippen LogP contribution in [0.25, 0.3) is 0 Å². The molecule has 0 spiro atoms. The summed E-state index contributed by atoms with van der Waals surface area (Å²) < 4.78 is 27.6. The fourth-order valence-corrected chi connectivity index (χ4v) is 4.87. The molecule has 1 unspecified atom stereocenters. The van der Waals surface area contributed by atoms with E-state index in [-0.39, 0.29) is 11.3 Å². The van der Waals surface area contributed by atoms with Crippen molar-refractivity contribution in [2.24, 2.45) is 0 Å². The average molecular weight is 307 g/mol. The van der Waals surface area contributed by atoms with Gasteiger partial charge in [0.15, 0.2) is 0 Å². The second kappa shape index (κ2) is 6.32. The van der Waals surface area contributed by atoms with Gasteiger partial charge in [0.25, 0.3) is 0 Å². The largest absolute Gasteiger partial charge is 0.335 e. The van der Waals surface area contributed by atoms with Crippen molar-refractivity contribution in [1.29, 1.82) is 0 Å². The maximum atomic E-state index is 12.1. The second-order valence-electron chi connectivity index (χ2n) is 5.10. The Morgan fingerprint density at radius 3 is 2.63 bits per heavy atom. The summed E-state index contributed by atoms with van der Waals surface area (Å²) in [6.07, 6.45) is 4.06. The van der Waals surface area contributed by atoms with Crippen molar-refractivity contribution in [2.45, 2.75) is 43.9 Å². The molecule has 2 rings (SSSR count). The lowest BCUT2D eigenvalue weighted by Gasteiger charge is -2.29. The first-order chi connectivity index (χ1) is 8.97. The van der Waals surface area contributed by atoms with E-state index in [1.807, 2.05) is 6.92 Å². The van der Waals surface area contributed by atoms with Gasteiger partial charge in [-0.05, 0) is 12.8 Å². The number of hydrogen-bond donors (Lipinski definition) is 2. The Labute approximate surface area is 118 Å². The molecule has 2 N–H and O–H groups in total. The fourth-order valence-electron chi connectivity index (χ4n) is 2.47. The van der Waals surface area contributed by atoms with Crippen LogP contribution in [0, 0.1) is 0 Å². The number of nitrogens with zero attached hydrogens (tertiary/aromatic N) is 1. The number of rotatable bonds is 3. The Balaban J connectivity index is 1.87. The van der Waals surface area contributed by atoms with Crippen LogP contribution in [0.3, 0.4) is 0 Å². The van der Waals surface area contributed by atoms with Gasteiger partial charge in [0.05, 0.1) is 0 Å². The molecule has 0 radical (unpaired) electrons. The molecule has 1 saturated heterocycles. The molecular formula is C11H21N3O3S2. The van der Waals surface area contributed by atoms with E-state index < -0.39 is 16.2 Å². The van der Waals surface area contributed by atoms with Crippen LogP contribution in [0.1, 0.15) is 32.6 Å². The molecule has 1 heterocycles. The van der Waals surface area contributed by atoms with Gasteiger partial charge in [-0.2, -0.15) is 24.5 Å². The van der Waals surface area contributed by atoms with E-state index in [1.165, 1.54) is 4.31 Å². The predicted molar refractivity (Wildman–Crippen MR) is 76.3 cm³/mol. The SMILES string of the molecule is CC1CN(S(=O)(=O)NC(=O)NC2CCCC2)CCS1. The summed E-state index contributed by atoms with van der Waals surface area (Å²) in [6, 6.07) is -0.483. The number of urea groups is 1. The Bertz CT molecular complexity index is 421. The highest BCUT2D eigenvalue weighted by Crippen LogP contribution is 2.20. The zero-order valence-corrected chi connectivity index (χ0v) is 12.7. The van der Waals surface area contributed by atoms with Crippen LogP contribution in [-0.2, 0) is 10.2 Å². The Kier molecular flexibility index (Phi) is 4.97. The lowest BCUT2D eigenvalue weighted by atomic mass is 10.3. The first kappa shape index (κ1) is 14.9. The number of hydrogen-bond acceptors (Lipinski definition) is 4. The number of amides is 2. The monoisotopic (exact) mass is 307 g/mol. The van der Waals surface area contributed by atoms with Gasteiger partial charge >= 0.3 is 16.2 Å². The maximum absolute atomic E-state index is 12.1. The topological polar surface area (TPSA) is 78.5 Å². The Morgan fingerprint density at radius 1 is 1.32 bits per heavy atom. The second-order valence-corrected chi connectivity index (χ2v) is 8.32. The first-order valence-electron chi connectivity index (χ1n) is 6.67. The maximum Gasteiger partial charge on any atom is 0.329 e.